The molecule has 2 aromatic rings. The lowest BCUT2D eigenvalue weighted by molar-refractivity contribution is 0.0954. The van der Waals surface area contributed by atoms with Crippen LogP contribution in [0.2, 0.25) is 0 Å². The molecule has 1 atom stereocenters. The summed E-state index contributed by atoms with van der Waals surface area (Å²) in [5.74, 6) is -1.23. The standard InChI is InChI=1S/C19H20FNO5S2/c20-18-4-2-1-3-14(18)9-11-21-19(22)15-5-7-16(8-6-15)28(25,26)17-10-12-27(23,24)13-17/h1-8,17H,9-13H2,(H,21,22). The molecule has 1 unspecified atom stereocenters. The lowest BCUT2D eigenvalue weighted by Crippen LogP contribution is -2.26. The molecule has 3 rings (SSSR count). The van der Waals surface area contributed by atoms with E-state index in [9.17, 15) is 26.0 Å². The molecule has 1 saturated heterocycles. The van der Waals surface area contributed by atoms with Gasteiger partial charge < -0.3 is 5.32 Å². The highest BCUT2D eigenvalue weighted by Gasteiger charge is 2.37. The van der Waals surface area contributed by atoms with Crippen LogP contribution in [0.1, 0.15) is 22.3 Å². The van der Waals surface area contributed by atoms with Crippen molar-refractivity contribution in [3.05, 3.63) is 65.5 Å². The molecule has 28 heavy (non-hydrogen) atoms. The Hall–Kier alpha value is -2.26. The largest absolute Gasteiger partial charge is 0.352 e. The van der Waals surface area contributed by atoms with Crippen molar-refractivity contribution in [2.75, 3.05) is 18.1 Å². The van der Waals surface area contributed by atoms with Gasteiger partial charge in [-0.05, 0) is 48.7 Å². The van der Waals surface area contributed by atoms with E-state index in [-0.39, 0.29) is 40.7 Å². The summed E-state index contributed by atoms with van der Waals surface area (Å²) in [4.78, 5) is 12.2. The van der Waals surface area contributed by atoms with Crippen LogP contribution in [0.25, 0.3) is 0 Å². The predicted molar refractivity (Wildman–Crippen MR) is 103 cm³/mol. The molecule has 6 nitrogen and oxygen atoms in total. The molecule has 2 aromatic carbocycles. The zero-order chi connectivity index (χ0) is 20.4. The fourth-order valence-corrected chi connectivity index (χ4v) is 7.47. The maximum absolute atomic E-state index is 13.6. The molecular weight excluding hydrogens is 405 g/mol. The lowest BCUT2D eigenvalue weighted by Gasteiger charge is -2.11. The van der Waals surface area contributed by atoms with Crippen LogP contribution in [0, 0.1) is 5.82 Å². The summed E-state index contributed by atoms with van der Waals surface area (Å²) in [6.45, 7) is 0.236. The van der Waals surface area contributed by atoms with E-state index in [4.69, 9.17) is 0 Å². The van der Waals surface area contributed by atoms with Crippen molar-refractivity contribution in [2.45, 2.75) is 23.0 Å². The number of sulfone groups is 2. The van der Waals surface area contributed by atoms with Gasteiger partial charge in [0.25, 0.3) is 5.91 Å². The Morgan fingerprint density at radius 2 is 1.79 bits per heavy atom. The number of benzene rings is 2. The minimum Gasteiger partial charge on any atom is -0.352 e. The van der Waals surface area contributed by atoms with Gasteiger partial charge >= 0.3 is 0 Å². The Kier molecular flexibility index (Phi) is 5.85. The summed E-state index contributed by atoms with van der Waals surface area (Å²) in [5, 5.41) is 1.72. The van der Waals surface area contributed by atoms with Crippen LogP contribution in [0.5, 0.6) is 0 Å². The molecule has 1 amide bonds. The first kappa shape index (κ1) is 20.5. The van der Waals surface area contributed by atoms with Crippen LogP contribution in [0.15, 0.2) is 53.4 Å². The number of halogens is 1. The fraction of sp³-hybridized carbons (Fsp3) is 0.316. The highest BCUT2D eigenvalue weighted by Crippen LogP contribution is 2.25. The molecule has 1 fully saturated rings. The van der Waals surface area contributed by atoms with E-state index in [1.807, 2.05) is 0 Å². The topological polar surface area (TPSA) is 97.4 Å². The van der Waals surface area contributed by atoms with Crippen molar-refractivity contribution >= 4 is 25.6 Å². The molecule has 0 spiro atoms. The van der Waals surface area contributed by atoms with E-state index in [1.165, 1.54) is 30.3 Å². The Morgan fingerprint density at radius 1 is 1.11 bits per heavy atom. The minimum absolute atomic E-state index is 0.00231. The van der Waals surface area contributed by atoms with Gasteiger partial charge in [-0.2, -0.15) is 0 Å². The third-order valence-corrected chi connectivity index (χ3v) is 8.90. The monoisotopic (exact) mass is 425 g/mol. The number of amides is 1. The van der Waals surface area contributed by atoms with E-state index in [1.54, 1.807) is 18.2 Å². The van der Waals surface area contributed by atoms with Crippen LogP contribution in [-0.2, 0) is 26.1 Å². The van der Waals surface area contributed by atoms with Gasteiger partial charge in [-0.3, -0.25) is 4.79 Å². The average molecular weight is 426 g/mol. The maximum Gasteiger partial charge on any atom is 0.251 e. The molecule has 1 aliphatic rings. The molecule has 1 heterocycles. The number of carbonyl (C=O) groups is 1. The third kappa shape index (κ3) is 4.59. The normalized spacial score (nSPS) is 18.7. The second kappa shape index (κ2) is 8.00. The SMILES string of the molecule is O=C(NCCc1ccccc1F)c1ccc(S(=O)(=O)C2CCS(=O)(=O)C2)cc1. The van der Waals surface area contributed by atoms with E-state index in [0.29, 0.717) is 12.0 Å². The van der Waals surface area contributed by atoms with Crippen molar-refractivity contribution in [3.8, 4) is 0 Å². The fourth-order valence-electron chi connectivity index (χ4n) is 3.11. The van der Waals surface area contributed by atoms with Gasteiger partial charge in [-0.15, -0.1) is 0 Å². The van der Waals surface area contributed by atoms with E-state index >= 15 is 0 Å². The smallest absolute Gasteiger partial charge is 0.251 e. The Labute approximate surface area is 163 Å². The molecule has 0 bridgehead atoms. The zero-order valence-electron chi connectivity index (χ0n) is 15.0. The average Bonchev–Trinajstić information content (AvgIpc) is 3.04. The first-order valence-electron chi connectivity index (χ1n) is 8.75. The quantitative estimate of drug-likeness (QED) is 0.761. The zero-order valence-corrected chi connectivity index (χ0v) is 16.6. The van der Waals surface area contributed by atoms with Gasteiger partial charge in [0.2, 0.25) is 0 Å². The number of hydrogen-bond donors (Lipinski definition) is 1. The van der Waals surface area contributed by atoms with Gasteiger partial charge in [0, 0.05) is 12.1 Å². The second-order valence-electron chi connectivity index (χ2n) is 6.69. The Balaban J connectivity index is 1.62. The van der Waals surface area contributed by atoms with Crippen molar-refractivity contribution in [3.63, 3.8) is 0 Å². The molecule has 0 aliphatic carbocycles. The highest BCUT2D eigenvalue weighted by atomic mass is 32.2. The van der Waals surface area contributed by atoms with Crippen molar-refractivity contribution in [1.82, 2.24) is 5.32 Å². The van der Waals surface area contributed by atoms with Gasteiger partial charge in [0.1, 0.15) is 5.82 Å². The highest BCUT2D eigenvalue weighted by molar-refractivity contribution is 7.96. The van der Waals surface area contributed by atoms with Crippen LogP contribution >= 0.6 is 0 Å². The summed E-state index contributed by atoms with van der Waals surface area (Å²) in [6, 6.07) is 11.7. The summed E-state index contributed by atoms with van der Waals surface area (Å²) in [5.41, 5.74) is 0.766. The molecule has 1 aliphatic heterocycles. The number of nitrogens with one attached hydrogen (secondary N) is 1. The van der Waals surface area contributed by atoms with Gasteiger partial charge in [-0.1, -0.05) is 18.2 Å². The van der Waals surface area contributed by atoms with Crippen molar-refractivity contribution in [2.24, 2.45) is 0 Å². The predicted octanol–water partition coefficient (Wildman–Crippen LogP) is 1.76. The molecule has 0 radical (unpaired) electrons. The minimum atomic E-state index is -3.76. The molecular formula is C19H20FNO5S2. The van der Waals surface area contributed by atoms with Crippen LogP contribution in [0.3, 0.4) is 0 Å². The molecule has 0 saturated carbocycles. The first-order valence-corrected chi connectivity index (χ1v) is 12.1. The molecule has 1 N–H and O–H groups in total. The number of carbonyl (C=O) groups excluding carboxylic acids is 1. The lowest BCUT2D eigenvalue weighted by atomic mass is 10.1. The van der Waals surface area contributed by atoms with Gasteiger partial charge in [-0.25, -0.2) is 21.2 Å². The molecule has 150 valence electrons. The van der Waals surface area contributed by atoms with E-state index < -0.39 is 30.8 Å². The third-order valence-electron chi connectivity index (χ3n) is 4.71. The summed E-state index contributed by atoms with van der Waals surface area (Å²) in [7, 11) is -7.08. The molecule has 9 heteroatoms. The Morgan fingerprint density at radius 3 is 2.39 bits per heavy atom. The summed E-state index contributed by atoms with van der Waals surface area (Å²) in [6.07, 6.45) is 0.421. The first-order chi connectivity index (χ1) is 13.2. The Bertz CT molecular complexity index is 1080. The second-order valence-corrected chi connectivity index (χ2v) is 11.1. The number of hydrogen-bond acceptors (Lipinski definition) is 5. The van der Waals surface area contributed by atoms with Crippen molar-refractivity contribution in [1.29, 1.82) is 0 Å². The van der Waals surface area contributed by atoms with Crippen molar-refractivity contribution < 1.29 is 26.0 Å². The van der Waals surface area contributed by atoms with Crippen LogP contribution in [0.4, 0.5) is 4.39 Å². The van der Waals surface area contributed by atoms with Gasteiger partial charge in [0.05, 0.1) is 21.7 Å². The summed E-state index contributed by atoms with van der Waals surface area (Å²) >= 11 is 0. The summed E-state index contributed by atoms with van der Waals surface area (Å²) < 4.78 is 61.8. The maximum atomic E-state index is 13.6. The van der Waals surface area contributed by atoms with Gasteiger partial charge in [0.15, 0.2) is 19.7 Å². The van der Waals surface area contributed by atoms with E-state index in [2.05, 4.69) is 5.32 Å². The number of rotatable bonds is 6. The molecule has 0 aromatic heterocycles. The van der Waals surface area contributed by atoms with Crippen LogP contribution < -0.4 is 5.32 Å². The van der Waals surface area contributed by atoms with Crippen LogP contribution in [-0.4, -0.2) is 46.0 Å². The van der Waals surface area contributed by atoms with E-state index in [0.717, 1.165) is 0 Å².